The summed E-state index contributed by atoms with van der Waals surface area (Å²) in [6.45, 7) is 1.80. The number of para-hydroxylation sites is 1. The van der Waals surface area contributed by atoms with Gasteiger partial charge in [0.2, 0.25) is 0 Å². The monoisotopic (exact) mass is 336 g/mol. The van der Waals surface area contributed by atoms with Crippen molar-refractivity contribution in [2.24, 2.45) is 5.10 Å². The lowest BCUT2D eigenvalue weighted by atomic mass is 10.2. The number of hydrogen-bond donors (Lipinski definition) is 1. The highest BCUT2D eigenvalue weighted by atomic mass is 35.5. The zero-order valence-corrected chi connectivity index (χ0v) is 13.4. The molecule has 2 aromatic carbocycles. The first-order chi connectivity index (χ1) is 10.6. The lowest BCUT2D eigenvalue weighted by Gasteiger charge is -2.07. The van der Waals surface area contributed by atoms with Gasteiger partial charge in [0.1, 0.15) is 5.75 Å². The fraction of sp³-hybridized carbons (Fsp3) is 0.125. The summed E-state index contributed by atoms with van der Waals surface area (Å²) in [5, 5.41) is 4.83. The van der Waals surface area contributed by atoms with Gasteiger partial charge in [0.15, 0.2) is 6.61 Å². The molecule has 22 heavy (non-hydrogen) atoms. The van der Waals surface area contributed by atoms with Gasteiger partial charge < -0.3 is 4.74 Å². The highest BCUT2D eigenvalue weighted by Crippen LogP contribution is 2.19. The van der Waals surface area contributed by atoms with Crippen molar-refractivity contribution < 1.29 is 9.53 Å². The van der Waals surface area contributed by atoms with Gasteiger partial charge in [-0.25, -0.2) is 5.43 Å². The molecule has 1 N–H and O–H groups in total. The van der Waals surface area contributed by atoms with E-state index in [1.807, 2.05) is 25.1 Å². The Labute approximate surface area is 138 Å². The van der Waals surface area contributed by atoms with E-state index in [1.54, 1.807) is 24.3 Å². The zero-order chi connectivity index (χ0) is 15.9. The number of carbonyl (C=O) groups excluding carboxylic acids is 1. The van der Waals surface area contributed by atoms with Crippen LogP contribution < -0.4 is 10.2 Å². The maximum absolute atomic E-state index is 11.7. The Morgan fingerprint density at radius 3 is 2.77 bits per heavy atom. The normalized spacial score (nSPS) is 10.7. The van der Waals surface area contributed by atoms with Crippen molar-refractivity contribution >= 4 is 35.3 Å². The van der Waals surface area contributed by atoms with E-state index in [0.717, 1.165) is 5.56 Å². The van der Waals surface area contributed by atoms with Gasteiger partial charge in [-0.1, -0.05) is 47.5 Å². The average Bonchev–Trinajstić information content (AvgIpc) is 2.49. The van der Waals surface area contributed by atoms with Crippen LogP contribution in [0.2, 0.25) is 10.0 Å². The van der Waals surface area contributed by atoms with E-state index in [-0.39, 0.29) is 12.5 Å². The third kappa shape index (κ3) is 4.76. The number of rotatable bonds is 5. The van der Waals surface area contributed by atoms with E-state index in [0.29, 0.717) is 21.4 Å². The number of nitrogens with one attached hydrogen (secondary N) is 1. The lowest BCUT2D eigenvalue weighted by Crippen LogP contribution is -2.24. The Morgan fingerprint density at radius 1 is 1.27 bits per heavy atom. The lowest BCUT2D eigenvalue weighted by molar-refractivity contribution is -0.123. The molecule has 2 aromatic rings. The maximum atomic E-state index is 11.7. The van der Waals surface area contributed by atoms with Crippen molar-refractivity contribution in [3.63, 3.8) is 0 Å². The molecule has 6 heteroatoms. The van der Waals surface area contributed by atoms with Crippen molar-refractivity contribution in [3.05, 3.63) is 63.6 Å². The van der Waals surface area contributed by atoms with E-state index < -0.39 is 0 Å². The van der Waals surface area contributed by atoms with Gasteiger partial charge in [0.05, 0.1) is 11.2 Å². The Kier molecular flexibility index (Phi) is 5.81. The van der Waals surface area contributed by atoms with Gasteiger partial charge in [-0.3, -0.25) is 4.79 Å². The molecule has 1 amide bonds. The van der Waals surface area contributed by atoms with Crippen LogP contribution in [0.5, 0.6) is 5.75 Å². The van der Waals surface area contributed by atoms with Crippen molar-refractivity contribution in [2.75, 3.05) is 6.61 Å². The van der Waals surface area contributed by atoms with E-state index >= 15 is 0 Å². The fourth-order valence-electron chi connectivity index (χ4n) is 1.67. The van der Waals surface area contributed by atoms with Crippen LogP contribution in [-0.2, 0) is 4.79 Å². The highest BCUT2D eigenvalue weighted by molar-refractivity contribution is 6.36. The number of aryl methyl sites for hydroxylation is 1. The predicted octanol–water partition coefficient (Wildman–Crippen LogP) is 3.83. The minimum atomic E-state index is -0.357. The Bertz CT molecular complexity index is 702. The summed E-state index contributed by atoms with van der Waals surface area (Å²) in [6.07, 6.45) is 1.45. The summed E-state index contributed by atoms with van der Waals surface area (Å²) in [4.78, 5) is 11.7. The quantitative estimate of drug-likeness (QED) is 0.666. The average molecular weight is 337 g/mol. The van der Waals surface area contributed by atoms with Crippen LogP contribution in [0.15, 0.2) is 47.6 Å². The molecular formula is C16H14Cl2N2O2. The molecule has 114 valence electrons. The first kappa shape index (κ1) is 16.3. The third-order valence-electron chi connectivity index (χ3n) is 2.81. The maximum Gasteiger partial charge on any atom is 0.277 e. The van der Waals surface area contributed by atoms with Crippen LogP contribution in [0.1, 0.15) is 11.1 Å². The number of hydrazone groups is 1. The molecule has 0 saturated heterocycles. The molecule has 0 radical (unpaired) electrons. The second-order valence-corrected chi connectivity index (χ2v) is 5.36. The second-order valence-electron chi connectivity index (χ2n) is 4.51. The molecule has 0 aliphatic heterocycles. The van der Waals surface area contributed by atoms with Gasteiger partial charge in [-0.2, -0.15) is 5.10 Å². The van der Waals surface area contributed by atoms with Crippen LogP contribution >= 0.6 is 23.2 Å². The highest BCUT2D eigenvalue weighted by Gasteiger charge is 2.03. The molecule has 0 fully saturated rings. The molecule has 0 saturated carbocycles. The first-order valence-corrected chi connectivity index (χ1v) is 7.27. The van der Waals surface area contributed by atoms with Gasteiger partial charge >= 0.3 is 0 Å². The number of benzene rings is 2. The summed E-state index contributed by atoms with van der Waals surface area (Å²) in [7, 11) is 0. The van der Waals surface area contributed by atoms with Crippen molar-refractivity contribution in [2.45, 2.75) is 6.92 Å². The fourth-order valence-corrected chi connectivity index (χ4v) is 2.13. The van der Waals surface area contributed by atoms with Crippen molar-refractivity contribution in [3.8, 4) is 5.75 Å². The number of hydrogen-bond acceptors (Lipinski definition) is 3. The van der Waals surface area contributed by atoms with Crippen LogP contribution in [0.4, 0.5) is 0 Å². The predicted molar refractivity (Wildman–Crippen MR) is 88.9 cm³/mol. The first-order valence-electron chi connectivity index (χ1n) is 6.51. The SMILES string of the molecule is Cc1ccccc1OCC(=O)N/N=C/c1ccc(Cl)cc1Cl. The molecule has 4 nitrogen and oxygen atoms in total. The van der Waals surface area contributed by atoms with E-state index in [1.165, 1.54) is 6.21 Å². The molecule has 2 rings (SSSR count). The molecule has 0 aromatic heterocycles. The molecule has 0 heterocycles. The van der Waals surface area contributed by atoms with Gasteiger partial charge in [-0.15, -0.1) is 0 Å². The summed E-state index contributed by atoms with van der Waals surface area (Å²) in [5.41, 5.74) is 4.00. The molecule has 0 aliphatic rings. The van der Waals surface area contributed by atoms with Gasteiger partial charge in [-0.05, 0) is 30.7 Å². The minimum absolute atomic E-state index is 0.115. The molecule has 0 unspecified atom stereocenters. The second kappa shape index (κ2) is 7.82. The Morgan fingerprint density at radius 2 is 2.05 bits per heavy atom. The van der Waals surface area contributed by atoms with Crippen LogP contribution in [0.3, 0.4) is 0 Å². The third-order valence-corrected chi connectivity index (χ3v) is 3.37. The molecule has 0 spiro atoms. The number of nitrogens with zero attached hydrogens (tertiary/aromatic N) is 1. The molecular weight excluding hydrogens is 323 g/mol. The van der Waals surface area contributed by atoms with E-state index in [4.69, 9.17) is 27.9 Å². The van der Waals surface area contributed by atoms with Crippen LogP contribution in [0, 0.1) is 6.92 Å². The smallest absolute Gasteiger partial charge is 0.277 e. The molecule has 0 aliphatic carbocycles. The van der Waals surface area contributed by atoms with E-state index in [9.17, 15) is 4.79 Å². The van der Waals surface area contributed by atoms with Crippen molar-refractivity contribution in [1.29, 1.82) is 0 Å². The summed E-state index contributed by atoms with van der Waals surface area (Å²) in [6, 6.07) is 12.5. The summed E-state index contributed by atoms with van der Waals surface area (Å²) >= 11 is 11.8. The number of carbonyl (C=O) groups is 1. The Balaban J connectivity index is 1.85. The number of ether oxygens (including phenoxy) is 1. The van der Waals surface area contributed by atoms with Crippen LogP contribution in [0.25, 0.3) is 0 Å². The summed E-state index contributed by atoms with van der Waals surface area (Å²) < 4.78 is 5.41. The number of halogens is 2. The Hall–Kier alpha value is -2.04. The topological polar surface area (TPSA) is 50.7 Å². The zero-order valence-electron chi connectivity index (χ0n) is 11.8. The summed E-state index contributed by atoms with van der Waals surface area (Å²) in [5.74, 6) is 0.312. The van der Waals surface area contributed by atoms with Crippen LogP contribution in [-0.4, -0.2) is 18.7 Å². The van der Waals surface area contributed by atoms with Gasteiger partial charge in [0, 0.05) is 10.6 Å². The van der Waals surface area contributed by atoms with E-state index in [2.05, 4.69) is 10.5 Å². The minimum Gasteiger partial charge on any atom is -0.483 e. The van der Waals surface area contributed by atoms with Gasteiger partial charge in [0.25, 0.3) is 5.91 Å². The standard InChI is InChI=1S/C16H14Cl2N2O2/c1-11-4-2-3-5-15(11)22-10-16(21)20-19-9-12-6-7-13(17)8-14(12)18/h2-9H,10H2,1H3,(H,20,21)/b19-9+. The largest absolute Gasteiger partial charge is 0.483 e. The molecule has 0 atom stereocenters. The molecule has 0 bridgehead atoms. The van der Waals surface area contributed by atoms with Crippen molar-refractivity contribution in [1.82, 2.24) is 5.43 Å². The number of amides is 1.